The molecular formula is C29H39N3O4. The molecule has 1 fully saturated rings. The number of para-hydroxylation sites is 1. The van der Waals surface area contributed by atoms with E-state index in [0.717, 1.165) is 48.6 Å². The van der Waals surface area contributed by atoms with Gasteiger partial charge < -0.3 is 19.3 Å². The van der Waals surface area contributed by atoms with Gasteiger partial charge in [-0.2, -0.15) is 5.10 Å². The fourth-order valence-electron chi connectivity index (χ4n) is 4.54. The van der Waals surface area contributed by atoms with Crippen molar-refractivity contribution in [3.8, 4) is 22.9 Å². The van der Waals surface area contributed by atoms with Gasteiger partial charge in [0.25, 0.3) is 0 Å². The van der Waals surface area contributed by atoms with Crippen molar-refractivity contribution in [2.24, 2.45) is 13.0 Å². The maximum atomic E-state index is 10.8. The summed E-state index contributed by atoms with van der Waals surface area (Å²) in [6, 6.07) is 20.0. The Morgan fingerprint density at radius 1 is 1.08 bits per heavy atom. The number of aliphatic hydroxyl groups is 1. The molecule has 7 heteroatoms. The van der Waals surface area contributed by atoms with Crippen LogP contribution in [0.2, 0.25) is 0 Å². The number of aromatic nitrogens is 2. The number of ether oxygens (including phenoxy) is 3. The molecule has 194 valence electrons. The van der Waals surface area contributed by atoms with Crippen molar-refractivity contribution >= 4 is 0 Å². The summed E-state index contributed by atoms with van der Waals surface area (Å²) in [6.45, 7) is 7.74. The third-order valence-electron chi connectivity index (χ3n) is 6.19. The van der Waals surface area contributed by atoms with Crippen LogP contribution in [0.1, 0.15) is 32.3 Å². The minimum absolute atomic E-state index is 0.157. The van der Waals surface area contributed by atoms with E-state index < -0.39 is 6.10 Å². The van der Waals surface area contributed by atoms with Crippen molar-refractivity contribution < 1.29 is 19.3 Å². The van der Waals surface area contributed by atoms with E-state index in [4.69, 9.17) is 19.3 Å². The van der Waals surface area contributed by atoms with Gasteiger partial charge in [-0.25, -0.2) is 4.68 Å². The molecule has 3 aromatic rings. The van der Waals surface area contributed by atoms with E-state index >= 15 is 0 Å². The zero-order valence-corrected chi connectivity index (χ0v) is 21.7. The van der Waals surface area contributed by atoms with Crippen LogP contribution >= 0.6 is 0 Å². The Bertz CT molecular complexity index is 1050. The average Bonchev–Trinajstić information content (AvgIpc) is 3.48. The van der Waals surface area contributed by atoms with Crippen molar-refractivity contribution in [3.63, 3.8) is 0 Å². The molecule has 7 nitrogen and oxygen atoms in total. The molecule has 36 heavy (non-hydrogen) atoms. The molecule has 1 N–H and O–H groups in total. The Hall–Kier alpha value is -2.71. The molecule has 0 amide bonds. The van der Waals surface area contributed by atoms with Crippen LogP contribution in [-0.2, 0) is 23.1 Å². The molecule has 0 bridgehead atoms. The van der Waals surface area contributed by atoms with E-state index in [9.17, 15) is 5.11 Å². The molecular weight excluding hydrogens is 454 g/mol. The highest BCUT2D eigenvalue weighted by Crippen LogP contribution is 2.34. The summed E-state index contributed by atoms with van der Waals surface area (Å²) in [4.78, 5) is 2.25. The molecule has 0 radical (unpaired) electrons. The Labute approximate surface area is 214 Å². The minimum Gasteiger partial charge on any atom is -0.439 e. The Kier molecular flexibility index (Phi) is 9.53. The highest BCUT2D eigenvalue weighted by Gasteiger charge is 2.26. The van der Waals surface area contributed by atoms with E-state index in [2.05, 4.69) is 30.9 Å². The second-order valence-electron chi connectivity index (χ2n) is 9.95. The van der Waals surface area contributed by atoms with Crippen molar-refractivity contribution in [3.05, 3.63) is 66.2 Å². The first kappa shape index (κ1) is 26.4. The van der Waals surface area contributed by atoms with Crippen LogP contribution in [0.4, 0.5) is 0 Å². The average molecular weight is 494 g/mol. The van der Waals surface area contributed by atoms with Gasteiger partial charge in [-0.1, -0.05) is 62.4 Å². The molecule has 0 aliphatic carbocycles. The molecule has 2 aromatic carbocycles. The van der Waals surface area contributed by atoms with Crippen LogP contribution in [0.25, 0.3) is 11.3 Å². The number of aliphatic hydroxyl groups excluding tert-OH is 1. The summed E-state index contributed by atoms with van der Waals surface area (Å²) in [5, 5.41) is 15.7. The van der Waals surface area contributed by atoms with E-state index in [1.165, 1.54) is 0 Å². The quantitative estimate of drug-likeness (QED) is 0.366. The van der Waals surface area contributed by atoms with E-state index in [-0.39, 0.29) is 6.10 Å². The van der Waals surface area contributed by atoms with Gasteiger partial charge in [0, 0.05) is 45.5 Å². The lowest BCUT2D eigenvalue weighted by molar-refractivity contribution is -0.00399. The minimum atomic E-state index is -0.597. The highest BCUT2D eigenvalue weighted by atomic mass is 16.5. The van der Waals surface area contributed by atoms with Crippen LogP contribution in [0.15, 0.2) is 60.7 Å². The standard InChI is InChI=1S/C29H39N3O4/c1-22(2)20-34-21-24(33)17-32(18-26-15-10-16-35-26)19-27-28(23-11-6-4-7-12-23)30-31(3)29(27)36-25-13-8-5-9-14-25/h4-9,11-14,22,24,26,33H,10,15-21H2,1-3H3/t24-,26-/m0/s1. The van der Waals surface area contributed by atoms with E-state index in [1.54, 1.807) is 4.68 Å². The lowest BCUT2D eigenvalue weighted by atomic mass is 10.1. The summed E-state index contributed by atoms with van der Waals surface area (Å²) in [6.07, 6.45) is 1.66. The largest absolute Gasteiger partial charge is 0.439 e. The topological polar surface area (TPSA) is 69.0 Å². The van der Waals surface area contributed by atoms with Crippen LogP contribution in [0, 0.1) is 5.92 Å². The number of benzene rings is 2. The predicted octanol–water partition coefficient (Wildman–Crippen LogP) is 4.89. The van der Waals surface area contributed by atoms with Crippen LogP contribution in [0.3, 0.4) is 0 Å². The normalized spacial score (nSPS) is 16.7. The van der Waals surface area contributed by atoms with Gasteiger partial charge in [-0.3, -0.25) is 4.90 Å². The third kappa shape index (κ3) is 7.40. The maximum absolute atomic E-state index is 10.8. The molecule has 1 aromatic heterocycles. The van der Waals surface area contributed by atoms with Gasteiger partial charge in [0.2, 0.25) is 5.88 Å². The van der Waals surface area contributed by atoms with Crippen molar-refractivity contribution in [2.75, 3.05) is 32.9 Å². The molecule has 2 atom stereocenters. The Morgan fingerprint density at radius 3 is 2.47 bits per heavy atom. The van der Waals surface area contributed by atoms with Gasteiger partial charge >= 0.3 is 0 Å². The number of hydrogen-bond donors (Lipinski definition) is 1. The number of hydrogen-bond acceptors (Lipinski definition) is 6. The molecule has 1 saturated heterocycles. The van der Waals surface area contributed by atoms with Crippen molar-refractivity contribution in [2.45, 2.75) is 45.4 Å². The Morgan fingerprint density at radius 2 is 1.81 bits per heavy atom. The summed E-state index contributed by atoms with van der Waals surface area (Å²) < 4.78 is 19.9. The van der Waals surface area contributed by atoms with Gasteiger partial charge in [0.1, 0.15) is 11.4 Å². The number of aryl methyl sites for hydroxylation is 1. The first-order valence-electron chi connectivity index (χ1n) is 12.9. The summed E-state index contributed by atoms with van der Waals surface area (Å²) >= 11 is 0. The SMILES string of the molecule is CC(C)COC[C@@H](O)CN(Cc1c(-c2ccccc2)nn(C)c1Oc1ccccc1)C[C@@H]1CCCO1. The van der Waals surface area contributed by atoms with Crippen LogP contribution in [-0.4, -0.2) is 64.9 Å². The molecule has 4 rings (SSSR count). The summed E-state index contributed by atoms with van der Waals surface area (Å²) in [7, 11) is 1.91. The van der Waals surface area contributed by atoms with Gasteiger partial charge in [-0.15, -0.1) is 0 Å². The third-order valence-corrected chi connectivity index (χ3v) is 6.19. The van der Waals surface area contributed by atoms with E-state index in [0.29, 0.717) is 38.1 Å². The lowest BCUT2D eigenvalue weighted by Gasteiger charge is -2.28. The van der Waals surface area contributed by atoms with Gasteiger partial charge in [0.05, 0.1) is 24.4 Å². The smallest absolute Gasteiger partial charge is 0.222 e. The first-order chi connectivity index (χ1) is 17.5. The fourth-order valence-corrected chi connectivity index (χ4v) is 4.54. The predicted molar refractivity (Wildman–Crippen MR) is 141 cm³/mol. The zero-order chi connectivity index (χ0) is 25.3. The van der Waals surface area contributed by atoms with Crippen molar-refractivity contribution in [1.82, 2.24) is 14.7 Å². The van der Waals surface area contributed by atoms with Crippen LogP contribution in [0.5, 0.6) is 11.6 Å². The van der Waals surface area contributed by atoms with Gasteiger partial charge in [0.15, 0.2) is 0 Å². The zero-order valence-electron chi connectivity index (χ0n) is 21.7. The molecule has 2 heterocycles. The van der Waals surface area contributed by atoms with Crippen molar-refractivity contribution in [1.29, 1.82) is 0 Å². The van der Waals surface area contributed by atoms with Crippen LogP contribution < -0.4 is 4.74 Å². The molecule has 0 saturated carbocycles. The molecule has 0 unspecified atom stereocenters. The number of nitrogens with zero attached hydrogens (tertiary/aromatic N) is 3. The monoisotopic (exact) mass is 493 g/mol. The molecule has 0 spiro atoms. The molecule has 1 aliphatic heterocycles. The summed E-state index contributed by atoms with van der Waals surface area (Å²) in [5.41, 5.74) is 2.90. The summed E-state index contributed by atoms with van der Waals surface area (Å²) in [5.74, 6) is 1.89. The second-order valence-corrected chi connectivity index (χ2v) is 9.95. The van der Waals surface area contributed by atoms with Gasteiger partial charge in [-0.05, 0) is 30.9 Å². The number of rotatable bonds is 13. The second kappa shape index (κ2) is 13.0. The fraction of sp³-hybridized carbons (Fsp3) is 0.483. The Balaban J connectivity index is 1.61. The molecule has 1 aliphatic rings. The first-order valence-corrected chi connectivity index (χ1v) is 12.9. The maximum Gasteiger partial charge on any atom is 0.222 e. The lowest BCUT2D eigenvalue weighted by Crippen LogP contribution is -2.39. The van der Waals surface area contributed by atoms with E-state index in [1.807, 2.05) is 55.6 Å². The highest BCUT2D eigenvalue weighted by molar-refractivity contribution is 5.65.